The molecule has 0 radical (unpaired) electrons. The summed E-state index contributed by atoms with van der Waals surface area (Å²) >= 11 is 0. The maximum absolute atomic E-state index is 13.5. The van der Waals surface area contributed by atoms with Gasteiger partial charge in [0.2, 0.25) is 10.0 Å². The molecule has 0 atom stereocenters. The quantitative estimate of drug-likeness (QED) is 0.316. The number of benzene rings is 2. The minimum atomic E-state index is -4.88. The molecule has 0 spiro atoms. The first kappa shape index (κ1) is 26.6. The maximum Gasteiger partial charge on any atom is 0.573 e. The number of carbonyl (C=O) groups excluding carboxylic acids is 1. The highest BCUT2D eigenvalue weighted by atomic mass is 32.2. The van der Waals surface area contributed by atoms with Crippen LogP contribution < -0.4 is 4.74 Å². The Labute approximate surface area is 210 Å². The fourth-order valence-electron chi connectivity index (χ4n) is 4.10. The Morgan fingerprint density at radius 2 is 1.68 bits per heavy atom. The molecular formula is C24H23F4N3O5S. The van der Waals surface area contributed by atoms with Crippen molar-refractivity contribution < 1.29 is 40.2 Å². The van der Waals surface area contributed by atoms with Crippen molar-refractivity contribution in [2.75, 3.05) is 19.7 Å². The fourth-order valence-corrected chi connectivity index (χ4v) is 5.57. The number of hydrogen-bond acceptors (Lipinski definition) is 6. The third-order valence-electron chi connectivity index (χ3n) is 5.82. The Kier molecular flexibility index (Phi) is 7.55. The average molecular weight is 542 g/mol. The molecule has 1 aliphatic heterocycles. The lowest BCUT2D eigenvalue weighted by molar-refractivity contribution is -0.274. The Bertz CT molecular complexity index is 1350. The summed E-state index contributed by atoms with van der Waals surface area (Å²) in [5.74, 6) is -1.55. The highest BCUT2D eigenvalue weighted by Gasteiger charge is 2.33. The molecule has 8 nitrogen and oxygen atoms in total. The van der Waals surface area contributed by atoms with Gasteiger partial charge in [-0.05, 0) is 74.4 Å². The second-order valence-corrected chi connectivity index (χ2v) is 10.2. The number of esters is 1. The largest absolute Gasteiger partial charge is 0.573 e. The van der Waals surface area contributed by atoms with E-state index in [1.165, 1.54) is 16.4 Å². The van der Waals surface area contributed by atoms with Crippen LogP contribution in [0, 0.1) is 5.82 Å². The van der Waals surface area contributed by atoms with Crippen LogP contribution in [0.5, 0.6) is 5.75 Å². The number of ether oxygens (including phenoxy) is 2. The van der Waals surface area contributed by atoms with Crippen molar-refractivity contribution in [2.45, 2.75) is 37.1 Å². The van der Waals surface area contributed by atoms with Gasteiger partial charge in [0.1, 0.15) is 11.6 Å². The van der Waals surface area contributed by atoms with Gasteiger partial charge in [-0.2, -0.15) is 9.40 Å². The lowest BCUT2D eigenvalue weighted by Crippen LogP contribution is -2.39. The number of sulfonamides is 1. The van der Waals surface area contributed by atoms with Crippen molar-refractivity contribution in [3.63, 3.8) is 0 Å². The second kappa shape index (κ2) is 10.5. The summed E-state index contributed by atoms with van der Waals surface area (Å²) in [6.07, 6.45) is -4.17. The van der Waals surface area contributed by atoms with Crippen LogP contribution in [0.3, 0.4) is 0 Å². The molecule has 13 heteroatoms. The number of rotatable bonds is 7. The molecule has 0 amide bonds. The van der Waals surface area contributed by atoms with Gasteiger partial charge < -0.3 is 9.47 Å². The monoisotopic (exact) mass is 541 g/mol. The van der Waals surface area contributed by atoms with E-state index in [0.717, 1.165) is 24.3 Å². The van der Waals surface area contributed by atoms with E-state index in [4.69, 9.17) is 4.74 Å². The first-order chi connectivity index (χ1) is 17.5. The lowest BCUT2D eigenvalue weighted by Gasteiger charge is -2.32. The first-order valence-electron chi connectivity index (χ1n) is 11.4. The van der Waals surface area contributed by atoms with Gasteiger partial charge in [0.25, 0.3) is 0 Å². The number of alkyl halides is 3. The molecule has 1 saturated heterocycles. The van der Waals surface area contributed by atoms with E-state index >= 15 is 0 Å². The van der Waals surface area contributed by atoms with E-state index < -0.39 is 33.9 Å². The predicted molar refractivity (Wildman–Crippen MR) is 124 cm³/mol. The van der Waals surface area contributed by atoms with Gasteiger partial charge in [-0.15, -0.1) is 13.2 Å². The number of nitrogens with zero attached hydrogens (tertiary/aromatic N) is 3. The molecule has 2 aromatic carbocycles. The molecule has 0 N–H and O–H groups in total. The van der Waals surface area contributed by atoms with Gasteiger partial charge in [-0.1, -0.05) is 0 Å². The summed E-state index contributed by atoms with van der Waals surface area (Å²) in [6.45, 7) is 2.07. The van der Waals surface area contributed by atoms with Crippen LogP contribution in [0.1, 0.15) is 36.3 Å². The van der Waals surface area contributed by atoms with Gasteiger partial charge in [0.15, 0.2) is 5.69 Å². The van der Waals surface area contributed by atoms with Gasteiger partial charge in [-0.3, -0.25) is 4.68 Å². The van der Waals surface area contributed by atoms with E-state index in [1.807, 2.05) is 0 Å². The van der Waals surface area contributed by atoms with Crippen LogP contribution in [0.25, 0.3) is 11.3 Å². The lowest BCUT2D eigenvalue weighted by atomic mass is 10.1. The Morgan fingerprint density at radius 1 is 1.05 bits per heavy atom. The zero-order chi connectivity index (χ0) is 26.8. The third kappa shape index (κ3) is 6.10. The summed E-state index contributed by atoms with van der Waals surface area (Å²) in [4.78, 5) is 12.1. The van der Waals surface area contributed by atoms with Crippen LogP contribution in [-0.2, 0) is 14.8 Å². The summed E-state index contributed by atoms with van der Waals surface area (Å²) in [5.41, 5.74) is 1.27. The maximum atomic E-state index is 13.5. The van der Waals surface area contributed by atoms with Crippen LogP contribution >= 0.6 is 0 Å². The van der Waals surface area contributed by atoms with E-state index in [1.54, 1.807) is 29.8 Å². The molecule has 1 aliphatic rings. The van der Waals surface area contributed by atoms with Crippen molar-refractivity contribution in [1.82, 2.24) is 14.1 Å². The Hall–Kier alpha value is -3.45. The topological polar surface area (TPSA) is 90.7 Å². The van der Waals surface area contributed by atoms with Crippen molar-refractivity contribution in [1.29, 1.82) is 0 Å². The molecule has 0 bridgehead atoms. The van der Waals surface area contributed by atoms with Crippen molar-refractivity contribution in [2.24, 2.45) is 0 Å². The SMILES string of the molecule is CCOC(=O)c1cc(-c2ccc(F)cc2)n(C2CCN(S(=O)(=O)c3ccc(OC(F)(F)F)cc3)CC2)n1. The van der Waals surface area contributed by atoms with Crippen molar-refractivity contribution in [3.8, 4) is 17.0 Å². The standard InChI is InChI=1S/C24H23F4N3O5S/c1-2-35-23(32)21-15-22(16-3-5-17(25)6-4-16)31(29-21)18-11-13-30(14-12-18)37(33,34)20-9-7-19(8-10-20)36-24(26,27)28/h3-10,15,18H,2,11-14H2,1H3. The van der Waals surface area contributed by atoms with Crippen LogP contribution in [0.2, 0.25) is 0 Å². The molecule has 0 saturated carbocycles. The second-order valence-electron chi connectivity index (χ2n) is 8.24. The fraction of sp³-hybridized carbons (Fsp3) is 0.333. The van der Waals surface area contributed by atoms with E-state index in [2.05, 4.69) is 9.84 Å². The number of carbonyl (C=O) groups is 1. The molecule has 3 aromatic rings. The zero-order valence-electron chi connectivity index (χ0n) is 19.6. The van der Waals surface area contributed by atoms with E-state index in [-0.39, 0.29) is 36.3 Å². The molecule has 0 unspecified atom stereocenters. The minimum absolute atomic E-state index is 0.0809. The van der Waals surface area contributed by atoms with E-state index in [0.29, 0.717) is 24.1 Å². The summed E-state index contributed by atoms with van der Waals surface area (Å²) in [7, 11) is -3.96. The smallest absolute Gasteiger partial charge is 0.461 e. The molecular weight excluding hydrogens is 518 g/mol. The highest BCUT2D eigenvalue weighted by Crippen LogP contribution is 2.32. The average Bonchev–Trinajstić information content (AvgIpc) is 3.30. The molecule has 0 aliphatic carbocycles. The predicted octanol–water partition coefficient (Wildman–Crippen LogP) is 4.79. The molecule has 1 fully saturated rings. The van der Waals surface area contributed by atoms with Crippen LogP contribution in [0.4, 0.5) is 17.6 Å². The number of piperidine rings is 1. The van der Waals surface area contributed by atoms with E-state index in [9.17, 15) is 30.8 Å². The number of hydrogen-bond donors (Lipinski definition) is 0. The zero-order valence-corrected chi connectivity index (χ0v) is 20.4. The normalized spacial score (nSPS) is 15.5. The first-order valence-corrected chi connectivity index (χ1v) is 12.8. The minimum Gasteiger partial charge on any atom is -0.461 e. The molecule has 198 valence electrons. The van der Waals surface area contributed by atoms with Gasteiger partial charge in [-0.25, -0.2) is 17.6 Å². The van der Waals surface area contributed by atoms with Gasteiger partial charge >= 0.3 is 12.3 Å². The van der Waals surface area contributed by atoms with Crippen LogP contribution in [0.15, 0.2) is 59.5 Å². The Morgan fingerprint density at radius 3 is 2.24 bits per heavy atom. The molecule has 37 heavy (non-hydrogen) atoms. The third-order valence-corrected chi connectivity index (χ3v) is 7.74. The van der Waals surface area contributed by atoms with Crippen molar-refractivity contribution >= 4 is 16.0 Å². The Balaban J connectivity index is 1.53. The molecule has 2 heterocycles. The molecule has 4 rings (SSSR count). The summed E-state index contributed by atoms with van der Waals surface area (Å²) in [6, 6.07) is 11.0. The number of halogens is 4. The highest BCUT2D eigenvalue weighted by molar-refractivity contribution is 7.89. The number of aromatic nitrogens is 2. The van der Waals surface area contributed by atoms with Crippen LogP contribution in [-0.4, -0.2) is 54.5 Å². The molecule has 1 aromatic heterocycles. The van der Waals surface area contributed by atoms with Crippen molar-refractivity contribution in [3.05, 3.63) is 66.1 Å². The summed E-state index contributed by atoms with van der Waals surface area (Å²) < 4.78 is 88.5. The van der Waals surface area contributed by atoms with Gasteiger partial charge in [0, 0.05) is 18.7 Å². The van der Waals surface area contributed by atoms with Gasteiger partial charge in [0.05, 0.1) is 23.2 Å². The summed E-state index contributed by atoms with van der Waals surface area (Å²) in [5, 5.41) is 4.41.